The van der Waals surface area contributed by atoms with E-state index in [1.807, 2.05) is 0 Å². The van der Waals surface area contributed by atoms with Crippen molar-refractivity contribution >= 4 is 30.7 Å². The number of piperidine rings is 1. The number of likely N-dealkylation sites (tertiary alicyclic amines) is 1. The molecule has 0 radical (unpaired) electrons. The molecule has 2 aliphatic heterocycles. The first kappa shape index (κ1) is 22.2. The molecule has 6 heteroatoms. The fourth-order valence-electron chi connectivity index (χ4n) is 3.85. The van der Waals surface area contributed by atoms with Gasteiger partial charge in [0, 0.05) is 26.2 Å². The van der Waals surface area contributed by atoms with Crippen molar-refractivity contribution in [1.82, 2.24) is 15.1 Å². The number of carbonyl (C=O) groups excluding carboxylic acids is 1. The van der Waals surface area contributed by atoms with Gasteiger partial charge < -0.3 is 15.1 Å². The minimum Gasteiger partial charge on any atom is -0.341 e. The van der Waals surface area contributed by atoms with Gasteiger partial charge in [-0.25, -0.2) is 0 Å². The van der Waals surface area contributed by atoms with Crippen molar-refractivity contribution in [2.45, 2.75) is 38.3 Å². The van der Waals surface area contributed by atoms with Crippen LogP contribution in [0.5, 0.6) is 0 Å². The normalized spacial score (nSPS) is 20.9. The lowest BCUT2D eigenvalue weighted by Gasteiger charge is -2.35. The summed E-state index contributed by atoms with van der Waals surface area (Å²) in [7, 11) is 2.20. The molecule has 1 aromatic carbocycles. The smallest absolute Gasteiger partial charge is 0.239 e. The molecular weight excluding hydrogens is 357 g/mol. The number of amides is 1. The number of rotatable bonds is 5. The van der Waals surface area contributed by atoms with Crippen LogP contribution in [-0.4, -0.2) is 55.0 Å². The Labute approximate surface area is 164 Å². The van der Waals surface area contributed by atoms with Gasteiger partial charge in [-0.05, 0) is 50.8 Å². The molecule has 2 fully saturated rings. The van der Waals surface area contributed by atoms with Crippen LogP contribution in [0.4, 0.5) is 0 Å². The Hall–Kier alpha value is -0.810. The van der Waals surface area contributed by atoms with Crippen LogP contribution in [0.25, 0.3) is 0 Å². The van der Waals surface area contributed by atoms with E-state index in [9.17, 15) is 4.79 Å². The number of nitrogens with zero attached hydrogens (tertiary/aromatic N) is 2. The molecule has 142 valence electrons. The minimum atomic E-state index is 0. The number of carbonyl (C=O) groups is 1. The monoisotopic (exact) mass is 387 g/mol. The molecule has 0 aromatic heterocycles. The van der Waals surface area contributed by atoms with E-state index in [0.29, 0.717) is 11.8 Å². The molecule has 4 nitrogen and oxygen atoms in total. The van der Waals surface area contributed by atoms with Gasteiger partial charge in [0.2, 0.25) is 5.91 Å². The highest BCUT2D eigenvalue weighted by atomic mass is 35.5. The molecule has 2 aliphatic rings. The summed E-state index contributed by atoms with van der Waals surface area (Å²) < 4.78 is 0. The number of hydrogen-bond donors (Lipinski definition) is 1. The number of benzene rings is 1. The summed E-state index contributed by atoms with van der Waals surface area (Å²) in [5.74, 6) is 1.04. The summed E-state index contributed by atoms with van der Waals surface area (Å²) in [5, 5.41) is 3.32. The molecular formula is C19H31Cl2N3O. The van der Waals surface area contributed by atoms with Crippen molar-refractivity contribution in [2.75, 3.05) is 33.2 Å². The SMILES string of the molecule is CN(Cc1ccccc1)CC1CCN(C(=O)C2CCCN2)CC1.Cl.Cl. The second-order valence-corrected chi connectivity index (χ2v) is 7.10. The van der Waals surface area contributed by atoms with Gasteiger partial charge in [0.1, 0.15) is 0 Å². The molecule has 1 unspecified atom stereocenters. The zero-order valence-corrected chi connectivity index (χ0v) is 16.7. The van der Waals surface area contributed by atoms with Crippen LogP contribution < -0.4 is 5.32 Å². The highest BCUT2D eigenvalue weighted by Crippen LogP contribution is 2.20. The van der Waals surface area contributed by atoms with E-state index in [1.54, 1.807) is 0 Å². The zero-order valence-electron chi connectivity index (χ0n) is 15.0. The molecule has 25 heavy (non-hydrogen) atoms. The molecule has 2 saturated heterocycles. The average molecular weight is 388 g/mol. The molecule has 1 amide bonds. The predicted molar refractivity (Wildman–Crippen MR) is 108 cm³/mol. The van der Waals surface area contributed by atoms with Gasteiger partial charge in [0.05, 0.1) is 6.04 Å². The van der Waals surface area contributed by atoms with Crippen molar-refractivity contribution in [1.29, 1.82) is 0 Å². The lowest BCUT2D eigenvalue weighted by atomic mass is 9.95. The Bertz CT molecular complexity index is 501. The Morgan fingerprint density at radius 2 is 1.84 bits per heavy atom. The first-order valence-electron chi connectivity index (χ1n) is 8.97. The van der Waals surface area contributed by atoms with Crippen LogP contribution in [0.15, 0.2) is 30.3 Å². The highest BCUT2D eigenvalue weighted by molar-refractivity contribution is 5.85. The molecule has 2 heterocycles. The quantitative estimate of drug-likeness (QED) is 0.843. The summed E-state index contributed by atoms with van der Waals surface area (Å²) in [6, 6.07) is 10.7. The Kier molecular flexibility index (Phi) is 9.80. The molecule has 1 aromatic rings. The van der Waals surface area contributed by atoms with Gasteiger partial charge >= 0.3 is 0 Å². The summed E-state index contributed by atoms with van der Waals surface area (Å²) >= 11 is 0. The third-order valence-corrected chi connectivity index (χ3v) is 5.15. The average Bonchev–Trinajstić information content (AvgIpc) is 3.10. The third-order valence-electron chi connectivity index (χ3n) is 5.15. The number of hydrogen-bond acceptors (Lipinski definition) is 3. The van der Waals surface area contributed by atoms with E-state index >= 15 is 0 Å². The Morgan fingerprint density at radius 3 is 2.44 bits per heavy atom. The van der Waals surface area contributed by atoms with Gasteiger partial charge in [-0.15, -0.1) is 24.8 Å². The van der Waals surface area contributed by atoms with Crippen molar-refractivity contribution in [3.63, 3.8) is 0 Å². The van der Waals surface area contributed by atoms with Crippen molar-refractivity contribution in [2.24, 2.45) is 5.92 Å². The van der Waals surface area contributed by atoms with Crippen LogP contribution >= 0.6 is 24.8 Å². The van der Waals surface area contributed by atoms with E-state index in [2.05, 4.69) is 52.5 Å². The standard InChI is InChI=1S/C19H29N3O.2ClH/c1-21(14-16-6-3-2-4-7-16)15-17-9-12-22(13-10-17)19(23)18-8-5-11-20-18;;/h2-4,6-7,17-18,20H,5,8-15H2,1H3;2*1H. The topological polar surface area (TPSA) is 35.6 Å². The van der Waals surface area contributed by atoms with Gasteiger partial charge in [0.25, 0.3) is 0 Å². The zero-order chi connectivity index (χ0) is 16.1. The second kappa shape index (κ2) is 11.0. The van der Waals surface area contributed by atoms with Gasteiger partial charge in [0.15, 0.2) is 0 Å². The first-order valence-corrected chi connectivity index (χ1v) is 8.97. The molecule has 0 bridgehead atoms. The molecule has 1 atom stereocenters. The van der Waals surface area contributed by atoms with Gasteiger partial charge in [-0.1, -0.05) is 30.3 Å². The number of halogens is 2. The van der Waals surface area contributed by atoms with Crippen LogP contribution in [0.1, 0.15) is 31.2 Å². The van der Waals surface area contributed by atoms with E-state index in [-0.39, 0.29) is 30.9 Å². The summed E-state index contributed by atoms with van der Waals surface area (Å²) in [5.41, 5.74) is 1.37. The van der Waals surface area contributed by atoms with Crippen molar-refractivity contribution in [3.05, 3.63) is 35.9 Å². The van der Waals surface area contributed by atoms with E-state index in [1.165, 1.54) is 5.56 Å². The molecule has 0 saturated carbocycles. The number of nitrogens with one attached hydrogen (secondary N) is 1. The van der Waals surface area contributed by atoms with E-state index < -0.39 is 0 Å². The Morgan fingerprint density at radius 1 is 1.16 bits per heavy atom. The van der Waals surface area contributed by atoms with E-state index in [0.717, 1.165) is 58.4 Å². The van der Waals surface area contributed by atoms with Gasteiger partial charge in [-0.3, -0.25) is 4.79 Å². The summed E-state index contributed by atoms with van der Waals surface area (Å²) in [4.78, 5) is 16.9. The maximum Gasteiger partial charge on any atom is 0.239 e. The van der Waals surface area contributed by atoms with Crippen LogP contribution in [-0.2, 0) is 11.3 Å². The first-order chi connectivity index (χ1) is 11.2. The largest absolute Gasteiger partial charge is 0.341 e. The second-order valence-electron chi connectivity index (χ2n) is 7.10. The molecule has 1 N–H and O–H groups in total. The maximum atomic E-state index is 12.4. The van der Waals surface area contributed by atoms with Crippen LogP contribution in [0, 0.1) is 5.92 Å². The highest BCUT2D eigenvalue weighted by Gasteiger charge is 2.29. The maximum absolute atomic E-state index is 12.4. The fourth-order valence-corrected chi connectivity index (χ4v) is 3.85. The predicted octanol–water partition coefficient (Wildman–Crippen LogP) is 2.95. The minimum absolute atomic E-state index is 0. The molecule has 3 rings (SSSR count). The summed E-state index contributed by atoms with van der Waals surface area (Å²) in [6.45, 7) is 4.99. The fraction of sp³-hybridized carbons (Fsp3) is 0.632. The van der Waals surface area contributed by atoms with Crippen molar-refractivity contribution < 1.29 is 4.79 Å². The van der Waals surface area contributed by atoms with Crippen LogP contribution in [0.2, 0.25) is 0 Å². The van der Waals surface area contributed by atoms with Gasteiger partial charge in [-0.2, -0.15) is 0 Å². The lowest BCUT2D eigenvalue weighted by Crippen LogP contribution is -2.47. The molecule has 0 spiro atoms. The third kappa shape index (κ3) is 6.45. The Balaban J connectivity index is 0.00000156. The van der Waals surface area contributed by atoms with Crippen LogP contribution in [0.3, 0.4) is 0 Å². The molecule has 0 aliphatic carbocycles. The van der Waals surface area contributed by atoms with Crippen molar-refractivity contribution in [3.8, 4) is 0 Å². The van der Waals surface area contributed by atoms with E-state index in [4.69, 9.17) is 0 Å². The lowest BCUT2D eigenvalue weighted by molar-refractivity contribution is -0.134. The summed E-state index contributed by atoms with van der Waals surface area (Å²) in [6.07, 6.45) is 4.42.